The number of imide groups is 1. The fraction of sp³-hybridized carbons (Fsp3) is 0.263. The lowest BCUT2D eigenvalue weighted by Gasteiger charge is -2.46. The predicted octanol–water partition coefficient (Wildman–Crippen LogP) is 6.15. The monoisotopic (exact) mass is 1040 g/mol. The van der Waals surface area contributed by atoms with Gasteiger partial charge in [-0.15, -0.1) is 0 Å². The molecule has 390 valence electrons. The van der Waals surface area contributed by atoms with Crippen molar-refractivity contribution in [2.75, 3.05) is 50.2 Å². The van der Waals surface area contributed by atoms with Crippen LogP contribution in [0.5, 0.6) is 5.75 Å². The first-order valence-electron chi connectivity index (χ1n) is 24.6. The van der Waals surface area contributed by atoms with Crippen LogP contribution in [0.1, 0.15) is 58.0 Å². The Bertz CT molecular complexity index is 3300. The van der Waals surface area contributed by atoms with Gasteiger partial charge in [0.25, 0.3) is 5.69 Å². The minimum atomic E-state index is -2.23. The number of ether oxygens (including phenoxy) is 4. The van der Waals surface area contributed by atoms with Crippen LogP contribution in [0.25, 0.3) is 0 Å². The Morgan fingerprint density at radius 2 is 1.43 bits per heavy atom. The number of nitro groups is 1. The van der Waals surface area contributed by atoms with Crippen LogP contribution in [0.4, 0.5) is 22.1 Å². The zero-order chi connectivity index (χ0) is 54.0. The van der Waals surface area contributed by atoms with E-state index in [1.54, 1.807) is 41.6 Å². The molecule has 1 aromatic heterocycles. The van der Waals surface area contributed by atoms with Gasteiger partial charge in [-0.2, -0.15) is 0 Å². The number of phenolic OH excluding ortho intramolecular Hbond substituents is 1. The van der Waals surface area contributed by atoms with Crippen molar-refractivity contribution in [2.24, 2.45) is 11.8 Å². The zero-order valence-electron chi connectivity index (χ0n) is 41.5. The second-order valence-electron chi connectivity index (χ2n) is 18.7. The fourth-order valence-electron chi connectivity index (χ4n) is 11.1. The van der Waals surface area contributed by atoms with Crippen molar-refractivity contribution >= 4 is 53.1 Å². The van der Waals surface area contributed by atoms with Gasteiger partial charge in [-0.05, 0) is 76.3 Å². The summed E-state index contributed by atoms with van der Waals surface area (Å²) < 4.78 is 22.2. The molecule has 0 saturated carbocycles. The number of cyclic esters (lactones) is 1. The number of esters is 3. The topological polar surface area (TPSA) is 241 Å². The fourth-order valence-corrected chi connectivity index (χ4v) is 11.1. The van der Waals surface area contributed by atoms with E-state index >= 15 is 14.4 Å². The summed E-state index contributed by atoms with van der Waals surface area (Å²) in [6.07, 6.45) is 0.713. The zero-order valence-corrected chi connectivity index (χ0v) is 41.5. The van der Waals surface area contributed by atoms with Crippen LogP contribution >= 0.6 is 0 Å². The number of morpholine rings is 1. The van der Waals surface area contributed by atoms with Crippen LogP contribution in [0.15, 0.2) is 146 Å². The number of amides is 3. The number of non-ortho nitro benzene ring substituents is 1. The number of benzene rings is 5. The number of carbonyl (C=O) groups excluding carboxylic acids is 6. The van der Waals surface area contributed by atoms with E-state index in [0.29, 0.717) is 28.2 Å². The summed E-state index contributed by atoms with van der Waals surface area (Å²) in [4.78, 5) is 115. The van der Waals surface area contributed by atoms with Crippen LogP contribution in [-0.2, 0) is 54.9 Å². The van der Waals surface area contributed by atoms with Crippen molar-refractivity contribution in [3.63, 3.8) is 0 Å². The minimum Gasteiger partial charge on any atom is -0.508 e. The predicted molar refractivity (Wildman–Crippen MR) is 273 cm³/mol. The molecule has 6 aromatic rings. The third kappa shape index (κ3) is 9.30. The maximum absolute atomic E-state index is 16.7. The van der Waals surface area contributed by atoms with Crippen molar-refractivity contribution in [2.45, 2.75) is 42.7 Å². The molecule has 4 aliphatic heterocycles. The van der Waals surface area contributed by atoms with Gasteiger partial charge in [0.1, 0.15) is 29.9 Å². The molecular formula is C57H49N7O13. The number of carbonyl (C=O) groups is 6. The minimum absolute atomic E-state index is 0.00652. The number of nitrogens with zero attached hydrogens (tertiary/aromatic N) is 7. The number of aromatic hydroxyl groups is 1. The summed E-state index contributed by atoms with van der Waals surface area (Å²) in [7, 11) is 2.25. The summed E-state index contributed by atoms with van der Waals surface area (Å²) in [6.45, 7) is 0.353. The first-order valence-corrected chi connectivity index (χ1v) is 24.6. The summed E-state index contributed by atoms with van der Waals surface area (Å²) in [5, 5.41) is 22.3. The molecule has 4 aliphatic rings. The van der Waals surface area contributed by atoms with E-state index in [1.165, 1.54) is 48.5 Å². The number of anilines is 2. The van der Waals surface area contributed by atoms with E-state index < -0.39 is 88.8 Å². The number of hydrogen-bond acceptors (Lipinski definition) is 17. The summed E-state index contributed by atoms with van der Waals surface area (Å²) in [5.74, 6) is -0.951. The molecule has 5 aromatic carbocycles. The Morgan fingerprint density at radius 3 is 2.05 bits per heavy atom. The summed E-state index contributed by atoms with van der Waals surface area (Å²) in [5.41, 5.74) is -0.0641. The molecule has 77 heavy (non-hydrogen) atoms. The van der Waals surface area contributed by atoms with Crippen molar-refractivity contribution in [1.82, 2.24) is 19.8 Å². The molecule has 3 amide bonds. The Morgan fingerprint density at radius 1 is 0.792 bits per heavy atom. The Labute approximate surface area is 440 Å². The molecule has 0 unspecified atom stereocenters. The second-order valence-corrected chi connectivity index (χ2v) is 18.7. The lowest BCUT2D eigenvalue weighted by molar-refractivity contribution is -0.384. The van der Waals surface area contributed by atoms with Gasteiger partial charge in [-0.25, -0.2) is 19.7 Å². The van der Waals surface area contributed by atoms with Gasteiger partial charge in [-0.3, -0.25) is 39.0 Å². The highest BCUT2D eigenvalue weighted by Crippen LogP contribution is 2.66. The maximum atomic E-state index is 16.7. The Balaban J connectivity index is 1.20. The number of nitro benzene ring substituents is 1. The molecule has 20 heteroatoms. The third-order valence-corrected chi connectivity index (χ3v) is 14.6. The smallest absolute Gasteiger partial charge is 0.421 e. The number of hydrogen-bond donors (Lipinski definition) is 1. The second kappa shape index (κ2) is 21.4. The van der Waals surface area contributed by atoms with Crippen LogP contribution < -0.4 is 9.80 Å². The SMILES string of the molecule is COC(=O)C(CC#Cc1ccc2c(c1)[C@]1(C(=O)N2C(=O)OCc2ccc([N+](=O)[O-])cc2)[C@H](c2ccc(O)cc2)N2[C@H](c3ccccc3)[C@H](c3ccccc3)OC(=O)[C@H]2[C@@H]1C(=O)N1CCN(c2ncccn2)CC1)C(=O)OC. The van der Waals surface area contributed by atoms with Crippen LogP contribution in [0.2, 0.25) is 0 Å². The van der Waals surface area contributed by atoms with Gasteiger partial charge in [0.15, 0.2) is 5.92 Å². The maximum Gasteiger partial charge on any atom is 0.421 e. The number of aromatic nitrogens is 2. The molecule has 0 radical (unpaired) electrons. The molecule has 5 heterocycles. The number of rotatable bonds is 11. The van der Waals surface area contributed by atoms with E-state index in [1.807, 2.05) is 70.5 Å². The lowest BCUT2D eigenvalue weighted by Crippen LogP contribution is -2.59. The summed E-state index contributed by atoms with van der Waals surface area (Å²) >= 11 is 0. The molecule has 0 bridgehead atoms. The van der Waals surface area contributed by atoms with E-state index in [9.17, 15) is 29.6 Å². The molecule has 1 spiro atoms. The van der Waals surface area contributed by atoms with E-state index in [4.69, 9.17) is 18.9 Å². The van der Waals surface area contributed by atoms with Crippen LogP contribution in [0, 0.1) is 33.8 Å². The van der Waals surface area contributed by atoms with Crippen molar-refractivity contribution in [3.8, 4) is 17.6 Å². The molecule has 3 fully saturated rings. The van der Waals surface area contributed by atoms with Crippen LogP contribution in [0.3, 0.4) is 0 Å². The van der Waals surface area contributed by atoms with Crippen LogP contribution in [-0.4, -0.2) is 112 Å². The number of methoxy groups -OCH3 is 2. The Kier molecular flexibility index (Phi) is 14.2. The molecule has 0 aliphatic carbocycles. The van der Waals surface area contributed by atoms with E-state index in [-0.39, 0.29) is 60.9 Å². The van der Waals surface area contributed by atoms with Crippen molar-refractivity contribution in [1.29, 1.82) is 0 Å². The van der Waals surface area contributed by atoms with E-state index in [2.05, 4.69) is 21.8 Å². The molecule has 3 saturated heterocycles. The number of piperazine rings is 1. The average Bonchev–Trinajstić information content (AvgIpc) is 3.34. The highest BCUT2D eigenvalue weighted by Gasteiger charge is 2.76. The van der Waals surface area contributed by atoms with Crippen molar-refractivity contribution in [3.05, 3.63) is 189 Å². The van der Waals surface area contributed by atoms with Gasteiger partial charge in [0.05, 0.1) is 42.8 Å². The average molecular weight is 1040 g/mol. The van der Waals surface area contributed by atoms with Gasteiger partial charge in [0, 0.05) is 62.7 Å². The number of fused-ring (bicyclic) bond motifs is 3. The molecule has 1 N–H and O–H groups in total. The highest BCUT2D eigenvalue weighted by atomic mass is 16.6. The largest absolute Gasteiger partial charge is 0.508 e. The number of phenols is 1. The van der Waals surface area contributed by atoms with E-state index in [0.717, 1.165) is 19.1 Å². The van der Waals surface area contributed by atoms with Gasteiger partial charge in [0.2, 0.25) is 17.8 Å². The first-order chi connectivity index (χ1) is 37.3. The molecule has 10 rings (SSSR count). The van der Waals surface area contributed by atoms with Crippen molar-refractivity contribution < 1.29 is 57.7 Å². The first kappa shape index (κ1) is 51.0. The Hall–Kier alpha value is -9.48. The van der Waals surface area contributed by atoms with Gasteiger partial charge < -0.3 is 33.9 Å². The quantitative estimate of drug-likeness (QED) is 0.0382. The summed E-state index contributed by atoms with van der Waals surface area (Å²) in [6, 6.07) is 32.2. The highest BCUT2D eigenvalue weighted by molar-refractivity contribution is 6.23. The normalized spacial score (nSPS) is 21.6. The lowest BCUT2D eigenvalue weighted by atomic mass is 9.65. The molecule has 20 nitrogen and oxygen atoms in total. The molecule has 6 atom stereocenters. The van der Waals surface area contributed by atoms with Gasteiger partial charge in [-0.1, -0.05) is 84.6 Å². The molecular weight excluding hydrogens is 991 g/mol. The standard InChI is InChI=1S/C57H49N7O13/c1-74-51(67)42(52(68)75-2)16-9-11-35-19-26-44-43(33-35)57(54(70)62(44)56(71)76-34-36-17-22-40(23-18-36)64(72)73)45(50(66)60-29-31-61(32-30-60)55-58-27-10-28-59-55)47-53(69)77-48(38-14-7-4-8-15-38)46(37-12-5-3-6-13-37)63(47)49(57)39-20-24-41(65)25-21-39/h3-8,10,12-15,17-28,33,42,45-49,65H,16,29-32,34H2,1-2H3/t45-,46-,47-,48+,49+,57-/m1/s1. The third-order valence-electron chi connectivity index (χ3n) is 14.6. The van der Waals surface area contributed by atoms with Gasteiger partial charge >= 0.3 is 24.0 Å².